The standard InChI is InChI=1S/C14H13FN4O3S/c1-21-8-2-3-10-11(6-8)23-14(17-10)19-7-9(12(16)18-19)13(20)22-5-4-15/h2-3,6-7H,4-5H2,1H3,(H2,16,18). The predicted octanol–water partition coefficient (Wildman–Crippen LogP) is 2.20. The number of nitrogen functional groups attached to an aromatic ring is 1. The van der Waals surface area contributed by atoms with E-state index in [1.165, 1.54) is 22.2 Å². The van der Waals surface area contributed by atoms with Gasteiger partial charge in [0.2, 0.25) is 5.13 Å². The Kier molecular flexibility index (Phi) is 4.11. The molecule has 0 bridgehead atoms. The second-order valence-electron chi connectivity index (χ2n) is 4.53. The predicted molar refractivity (Wildman–Crippen MR) is 84.0 cm³/mol. The van der Waals surface area contributed by atoms with Crippen molar-refractivity contribution in [3.8, 4) is 10.9 Å². The van der Waals surface area contributed by atoms with E-state index in [4.69, 9.17) is 15.2 Å². The summed E-state index contributed by atoms with van der Waals surface area (Å²) in [6.07, 6.45) is 1.42. The molecule has 0 fully saturated rings. The van der Waals surface area contributed by atoms with Crippen LogP contribution in [0.4, 0.5) is 10.2 Å². The third kappa shape index (κ3) is 2.95. The minimum Gasteiger partial charge on any atom is -0.497 e. The lowest BCUT2D eigenvalue weighted by Crippen LogP contribution is -2.08. The fourth-order valence-corrected chi connectivity index (χ4v) is 2.89. The monoisotopic (exact) mass is 336 g/mol. The van der Waals surface area contributed by atoms with Crippen LogP contribution in [0.25, 0.3) is 15.3 Å². The van der Waals surface area contributed by atoms with Gasteiger partial charge in [0.25, 0.3) is 0 Å². The van der Waals surface area contributed by atoms with Crippen molar-refractivity contribution < 1.29 is 18.7 Å². The molecule has 3 aromatic rings. The van der Waals surface area contributed by atoms with Gasteiger partial charge in [0.1, 0.15) is 24.6 Å². The lowest BCUT2D eigenvalue weighted by molar-refractivity contribution is 0.0482. The van der Waals surface area contributed by atoms with Gasteiger partial charge in [-0.25, -0.2) is 18.9 Å². The Morgan fingerprint density at radius 2 is 2.30 bits per heavy atom. The molecule has 0 saturated carbocycles. The van der Waals surface area contributed by atoms with Crippen LogP contribution in [0, 0.1) is 0 Å². The summed E-state index contributed by atoms with van der Waals surface area (Å²) in [5, 5.41) is 4.61. The molecule has 0 atom stereocenters. The number of rotatable bonds is 5. The van der Waals surface area contributed by atoms with Crippen LogP contribution in [0.15, 0.2) is 24.4 Å². The molecule has 7 nitrogen and oxygen atoms in total. The van der Waals surface area contributed by atoms with Gasteiger partial charge in [-0.3, -0.25) is 0 Å². The number of hydrogen-bond acceptors (Lipinski definition) is 7. The highest BCUT2D eigenvalue weighted by atomic mass is 32.1. The fourth-order valence-electron chi connectivity index (χ4n) is 1.97. The van der Waals surface area contributed by atoms with Crippen molar-refractivity contribution in [1.82, 2.24) is 14.8 Å². The normalized spacial score (nSPS) is 10.9. The number of nitrogens with two attached hydrogens (primary N) is 1. The van der Waals surface area contributed by atoms with Crippen LogP contribution in [0.3, 0.4) is 0 Å². The molecular formula is C14H13FN4O3S. The second kappa shape index (κ2) is 6.21. The number of thiazole rings is 1. The van der Waals surface area contributed by atoms with Crippen LogP contribution in [0.5, 0.6) is 5.75 Å². The summed E-state index contributed by atoms with van der Waals surface area (Å²) in [4.78, 5) is 16.2. The lowest BCUT2D eigenvalue weighted by atomic mass is 10.3. The fraction of sp³-hybridized carbons (Fsp3) is 0.214. The molecule has 0 aliphatic carbocycles. The van der Waals surface area contributed by atoms with E-state index in [2.05, 4.69) is 10.1 Å². The highest BCUT2D eigenvalue weighted by molar-refractivity contribution is 7.20. The summed E-state index contributed by atoms with van der Waals surface area (Å²) < 4.78 is 24.3. The van der Waals surface area contributed by atoms with Crippen molar-refractivity contribution in [3.05, 3.63) is 30.0 Å². The molecule has 0 saturated heterocycles. The smallest absolute Gasteiger partial charge is 0.343 e. The van der Waals surface area contributed by atoms with Crippen LogP contribution in [-0.2, 0) is 4.74 Å². The Labute approximate surface area is 134 Å². The molecule has 2 heterocycles. The lowest BCUT2D eigenvalue weighted by Gasteiger charge is -1.98. The Bertz CT molecular complexity index is 861. The number of benzene rings is 1. The highest BCUT2D eigenvalue weighted by Crippen LogP contribution is 2.28. The first kappa shape index (κ1) is 15.2. The molecule has 2 N–H and O–H groups in total. The summed E-state index contributed by atoms with van der Waals surface area (Å²) >= 11 is 1.37. The summed E-state index contributed by atoms with van der Waals surface area (Å²) in [6, 6.07) is 5.50. The molecule has 0 aliphatic heterocycles. The summed E-state index contributed by atoms with van der Waals surface area (Å²) in [5.74, 6) is 0.0167. The maximum atomic E-state index is 12.1. The van der Waals surface area contributed by atoms with Crippen molar-refractivity contribution >= 4 is 33.3 Å². The van der Waals surface area contributed by atoms with Crippen LogP contribution >= 0.6 is 11.3 Å². The summed E-state index contributed by atoms with van der Waals surface area (Å²) in [7, 11) is 1.59. The van der Waals surface area contributed by atoms with E-state index in [1.54, 1.807) is 7.11 Å². The number of aromatic nitrogens is 3. The molecule has 0 radical (unpaired) electrons. The van der Waals surface area contributed by atoms with Crippen molar-refractivity contribution in [3.63, 3.8) is 0 Å². The first-order valence-corrected chi connectivity index (χ1v) is 7.47. The van der Waals surface area contributed by atoms with E-state index in [0.717, 1.165) is 16.0 Å². The average molecular weight is 336 g/mol. The zero-order chi connectivity index (χ0) is 16.4. The Balaban J connectivity index is 1.94. The van der Waals surface area contributed by atoms with Gasteiger partial charge in [-0.1, -0.05) is 11.3 Å². The first-order valence-electron chi connectivity index (χ1n) is 6.65. The molecule has 0 aliphatic rings. The zero-order valence-corrected chi connectivity index (χ0v) is 13.0. The molecule has 0 spiro atoms. The van der Waals surface area contributed by atoms with Gasteiger partial charge in [0.15, 0.2) is 5.82 Å². The van der Waals surface area contributed by atoms with Crippen LogP contribution in [-0.4, -0.2) is 41.1 Å². The summed E-state index contributed by atoms with van der Waals surface area (Å²) in [5.41, 5.74) is 6.58. The largest absolute Gasteiger partial charge is 0.497 e. The van der Waals surface area contributed by atoms with E-state index >= 15 is 0 Å². The van der Waals surface area contributed by atoms with Crippen LogP contribution in [0.2, 0.25) is 0 Å². The molecule has 23 heavy (non-hydrogen) atoms. The number of ether oxygens (including phenoxy) is 2. The number of carbonyl (C=O) groups excluding carboxylic acids is 1. The number of carbonyl (C=O) groups is 1. The van der Waals surface area contributed by atoms with Crippen molar-refractivity contribution in [2.75, 3.05) is 26.1 Å². The zero-order valence-electron chi connectivity index (χ0n) is 12.2. The molecule has 3 rings (SSSR count). The van der Waals surface area contributed by atoms with E-state index < -0.39 is 12.6 Å². The van der Waals surface area contributed by atoms with Crippen molar-refractivity contribution in [1.29, 1.82) is 0 Å². The molecule has 120 valence electrons. The third-order valence-electron chi connectivity index (χ3n) is 3.05. The van der Waals surface area contributed by atoms with Crippen LogP contribution in [0.1, 0.15) is 10.4 Å². The SMILES string of the molecule is COc1ccc2nc(-n3cc(C(=O)OCCF)c(N)n3)sc2c1. The van der Waals surface area contributed by atoms with Crippen LogP contribution < -0.4 is 10.5 Å². The quantitative estimate of drug-likeness (QED) is 0.718. The minimum absolute atomic E-state index is 0.00527. The van der Waals surface area contributed by atoms with Crippen molar-refractivity contribution in [2.45, 2.75) is 0 Å². The Hall–Kier alpha value is -2.68. The van der Waals surface area contributed by atoms with Gasteiger partial charge in [0, 0.05) is 0 Å². The van der Waals surface area contributed by atoms with E-state index in [9.17, 15) is 9.18 Å². The van der Waals surface area contributed by atoms with Gasteiger partial charge in [-0.05, 0) is 18.2 Å². The van der Waals surface area contributed by atoms with E-state index in [1.807, 2.05) is 18.2 Å². The maximum absolute atomic E-state index is 12.1. The van der Waals surface area contributed by atoms with Gasteiger partial charge >= 0.3 is 5.97 Å². The van der Waals surface area contributed by atoms with E-state index in [-0.39, 0.29) is 18.0 Å². The number of nitrogens with zero attached hydrogens (tertiary/aromatic N) is 3. The van der Waals surface area contributed by atoms with Gasteiger partial charge in [-0.15, -0.1) is 5.10 Å². The van der Waals surface area contributed by atoms with Crippen molar-refractivity contribution in [2.24, 2.45) is 0 Å². The number of alkyl halides is 1. The molecule has 1 aromatic carbocycles. The second-order valence-corrected chi connectivity index (χ2v) is 5.54. The first-order chi connectivity index (χ1) is 11.1. The average Bonchev–Trinajstić information content (AvgIpc) is 3.15. The number of esters is 1. The number of anilines is 1. The molecule has 9 heteroatoms. The maximum Gasteiger partial charge on any atom is 0.343 e. The number of hydrogen-bond donors (Lipinski definition) is 1. The Morgan fingerprint density at radius 3 is 3.04 bits per heavy atom. The number of fused-ring (bicyclic) bond motifs is 1. The number of halogens is 1. The number of methoxy groups -OCH3 is 1. The molecule has 0 unspecified atom stereocenters. The van der Waals surface area contributed by atoms with Gasteiger partial charge < -0.3 is 15.2 Å². The molecular weight excluding hydrogens is 323 g/mol. The Morgan fingerprint density at radius 1 is 1.48 bits per heavy atom. The van der Waals surface area contributed by atoms with E-state index in [0.29, 0.717) is 5.13 Å². The molecule has 2 aromatic heterocycles. The minimum atomic E-state index is -0.751. The van der Waals surface area contributed by atoms with Gasteiger partial charge in [0.05, 0.1) is 23.5 Å². The summed E-state index contributed by atoms with van der Waals surface area (Å²) in [6.45, 7) is -1.07. The molecule has 0 amide bonds. The third-order valence-corrected chi connectivity index (χ3v) is 4.06. The topological polar surface area (TPSA) is 92.3 Å². The van der Waals surface area contributed by atoms with Gasteiger partial charge in [-0.2, -0.15) is 0 Å². The highest BCUT2D eigenvalue weighted by Gasteiger charge is 2.18.